The Kier molecular flexibility index (Phi) is 6.62. The zero-order valence-electron chi connectivity index (χ0n) is 7.66. The highest BCUT2D eigenvalue weighted by Crippen LogP contribution is 1.79. The molecule has 6 heteroatoms. The van der Waals surface area contributed by atoms with Gasteiger partial charge in [-0.3, -0.25) is 4.79 Å². The summed E-state index contributed by atoms with van der Waals surface area (Å²) in [4.78, 5) is 21.3. The van der Waals surface area contributed by atoms with Gasteiger partial charge in [-0.25, -0.2) is 4.79 Å². The van der Waals surface area contributed by atoms with Crippen LogP contribution in [0.1, 0.15) is 0 Å². The minimum absolute atomic E-state index is 0.156. The average Bonchev–Trinajstić information content (AvgIpc) is 2.14. The van der Waals surface area contributed by atoms with Gasteiger partial charge in [-0.15, -0.1) is 0 Å². The fourth-order valence-electron chi connectivity index (χ4n) is 0.485. The van der Waals surface area contributed by atoms with E-state index in [0.717, 1.165) is 0 Å². The highest BCUT2D eigenvalue weighted by atomic mass is 16.6. The van der Waals surface area contributed by atoms with Gasteiger partial charge in [0.15, 0.2) is 0 Å². The predicted molar refractivity (Wildman–Crippen MR) is 43.2 cm³/mol. The normalized spacial score (nSPS) is 9.08. The lowest BCUT2D eigenvalue weighted by atomic mass is 10.6. The number of amides is 1. The number of carbonyl (C=O) groups is 2. The average molecular weight is 191 g/mol. The zero-order chi connectivity index (χ0) is 10.1. The molecule has 0 aromatic heterocycles. The second-order valence-electron chi connectivity index (χ2n) is 2.06. The Hall–Kier alpha value is -1.30. The molecule has 1 amide bonds. The summed E-state index contributed by atoms with van der Waals surface area (Å²) in [6.07, 6.45) is -0.664. The zero-order valence-corrected chi connectivity index (χ0v) is 7.66. The number of esters is 1. The van der Waals surface area contributed by atoms with Crippen molar-refractivity contribution in [2.24, 2.45) is 0 Å². The van der Waals surface area contributed by atoms with Gasteiger partial charge in [0.2, 0.25) is 0 Å². The summed E-state index contributed by atoms with van der Waals surface area (Å²) in [6.45, 7) is 0.289. The molecule has 0 spiro atoms. The van der Waals surface area contributed by atoms with E-state index in [-0.39, 0.29) is 13.2 Å². The predicted octanol–water partition coefficient (Wildman–Crippen LogP) is -0.468. The van der Waals surface area contributed by atoms with E-state index in [9.17, 15) is 9.59 Å². The number of methoxy groups -OCH3 is 2. The van der Waals surface area contributed by atoms with E-state index < -0.39 is 12.1 Å². The third kappa shape index (κ3) is 7.07. The van der Waals surface area contributed by atoms with Gasteiger partial charge in [-0.2, -0.15) is 0 Å². The van der Waals surface area contributed by atoms with Crippen LogP contribution < -0.4 is 5.32 Å². The van der Waals surface area contributed by atoms with Crippen LogP contribution in [0.25, 0.3) is 0 Å². The van der Waals surface area contributed by atoms with Crippen molar-refractivity contribution >= 4 is 12.1 Å². The highest BCUT2D eigenvalue weighted by molar-refractivity contribution is 5.77. The third-order valence-corrected chi connectivity index (χ3v) is 1.13. The topological polar surface area (TPSA) is 73.9 Å². The molecule has 0 radical (unpaired) electrons. The van der Waals surface area contributed by atoms with Crippen molar-refractivity contribution in [2.45, 2.75) is 0 Å². The summed E-state index contributed by atoms with van der Waals surface area (Å²) in [5.74, 6) is -0.524. The lowest BCUT2D eigenvalue weighted by Gasteiger charge is -2.04. The molecule has 0 saturated heterocycles. The molecule has 76 valence electrons. The van der Waals surface area contributed by atoms with Crippen molar-refractivity contribution in [1.82, 2.24) is 5.32 Å². The Morgan fingerprint density at radius 3 is 2.46 bits per heavy atom. The third-order valence-electron chi connectivity index (χ3n) is 1.13. The van der Waals surface area contributed by atoms with Gasteiger partial charge in [0.05, 0.1) is 13.7 Å². The van der Waals surface area contributed by atoms with E-state index in [0.29, 0.717) is 6.61 Å². The van der Waals surface area contributed by atoms with Crippen LogP contribution in [-0.2, 0) is 19.0 Å². The van der Waals surface area contributed by atoms with Gasteiger partial charge < -0.3 is 19.5 Å². The summed E-state index contributed by atoms with van der Waals surface area (Å²) in [7, 11) is 2.73. The molecule has 0 fully saturated rings. The Morgan fingerprint density at radius 1 is 1.23 bits per heavy atom. The molecule has 1 N–H and O–H groups in total. The molecule has 0 heterocycles. The summed E-state index contributed by atoms with van der Waals surface area (Å²) in [6, 6.07) is 0. The van der Waals surface area contributed by atoms with E-state index in [4.69, 9.17) is 0 Å². The molecule has 0 bridgehead atoms. The number of nitrogens with one attached hydrogen (secondary N) is 1. The highest BCUT2D eigenvalue weighted by Gasteiger charge is 2.04. The summed E-state index contributed by atoms with van der Waals surface area (Å²) < 4.78 is 13.5. The Bertz CT molecular complexity index is 170. The molecule has 0 rings (SSSR count). The summed E-state index contributed by atoms with van der Waals surface area (Å²) in [5.41, 5.74) is 0. The van der Waals surface area contributed by atoms with Gasteiger partial charge in [0.1, 0.15) is 13.2 Å². The van der Waals surface area contributed by atoms with E-state index in [1.54, 1.807) is 0 Å². The van der Waals surface area contributed by atoms with Crippen LogP contribution >= 0.6 is 0 Å². The Labute approximate surface area is 76.1 Å². The molecule has 0 aliphatic carbocycles. The lowest BCUT2D eigenvalue weighted by Crippen LogP contribution is -2.31. The Balaban J connectivity index is 3.35. The largest absolute Gasteiger partial charge is 0.468 e. The van der Waals surface area contributed by atoms with Crippen LogP contribution in [0.5, 0.6) is 0 Å². The van der Waals surface area contributed by atoms with Gasteiger partial charge in [0.25, 0.3) is 0 Å². The molecule has 0 atom stereocenters. The molecule has 13 heavy (non-hydrogen) atoms. The van der Waals surface area contributed by atoms with Crippen molar-refractivity contribution in [3.8, 4) is 0 Å². The van der Waals surface area contributed by atoms with Gasteiger partial charge in [-0.1, -0.05) is 0 Å². The SMILES string of the molecule is COCCOC(=O)NCC(=O)OC. The van der Waals surface area contributed by atoms with Crippen molar-refractivity contribution < 1.29 is 23.8 Å². The van der Waals surface area contributed by atoms with Gasteiger partial charge in [-0.05, 0) is 0 Å². The van der Waals surface area contributed by atoms with Crippen LogP contribution in [0.2, 0.25) is 0 Å². The second kappa shape index (κ2) is 7.35. The smallest absolute Gasteiger partial charge is 0.407 e. The van der Waals surface area contributed by atoms with Crippen LogP contribution in [0.3, 0.4) is 0 Å². The molecule has 0 aromatic rings. The second-order valence-corrected chi connectivity index (χ2v) is 2.06. The molecule has 6 nitrogen and oxygen atoms in total. The van der Waals surface area contributed by atoms with Crippen molar-refractivity contribution in [3.63, 3.8) is 0 Å². The maximum atomic E-state index is 10.7. The van der Waals surface area contributed by atoms with Crippen molar-refractivity contribution in [2.75, 3.05) is 34.0 Å². The summed E-state index contributed by atoms with van der Waals surface area (Å²) >= 11 is 0. The minimum Gasteiger partial charge on any atom is -0.468 e. The number of carbonyl (C=O) groups excluding carboxylic acids is 2. The molecule has 0 aliphatic heterocycles. The monoisotopic (exact) mass is 191 g/mol. The first-order chi connectivity index (χ1) is 6.20. The number of alkyl carbamates (subject to hydrolysis) is 1. The summed E-state index contributed by atoms with van der Waals surface area (Å²) in [5, 5.41) is 2.20. The van der Waals surface area contributed by atoms with Crippen LogP contribution in [0, 0.1) is 0 Å². The first-order valence-electron chi connectivity index (χ1n) is 3.67. The minimum atomic E-state index is -0.664. The number of ether oxygens (including phenoxy) is 3. The van der Waals surface area contributed by atoms with Crippen LogP contribution in [-0.4, -0.2) is 46.0 Å². The van der Waals surface area contributed by atoms with Crippen molar-refractivity contribution in [1.29, 1.82) is 0 Å². The van der Waals surface area contributed by atoms with E-state index in [1.165, 1.54) is 14.2 Å². The number of hydrogen-bond donors (Lipinski definition) is 1. The van der Waals surface area contributed by atoms with E-state index in [2.05, 4.69) is 19.5 Å². The van der Waals surface area contributed by atoms with E-state index >= 15 is 0 Å². The molecular weight excluding hydrogens is 178 g/mol. The molecule has 0 unspecified atom stereocenters. The standard InChI is InChI=1S/C7H13NO5/c1-11-3-4-13-7(10)8-5-6(9)12-2/h3-5H2,1-2H3,(H,8,10). The van der Waals surface area contributed by atoms with E-state index in [1.807, 2.05) is 0 Å². The number of hydrogen-bond acceptors (Lipinski definition) is 5. The maximum absolute atomic E-state index is 10.7. The Morgan fingerprint density at radius 2 is 1.92 bits per heavy atom. The first kappa shape index (κ1) is 11.7. The number of rotatable bonds is 5. The maximum Gasteiger partial charge on any atom is 0.407 e. The van der Waals surface area contributed by atoms with Gasteiger partial charge in [0, 0.05) is 7.11 Å². The molecule has 0 saturated carbocycles. The van der Waals surface area contributed by atoms with Gasteiger partial charge >= 0.3 is 12.1 Å². The fraction of sp³-hybridized carbons (Fsp3) is 0.714. The quantitative estimate of drug-likeness (QED) is 0.470. The van der Waals surface area contributed by atoms with Crippen molar-refractivity contribution in [3.05, 3.63) is 0 Å². The molecule has 0 aromatic carbocycles. The lowest BCUT2D eigenvalue weighted by molar-refractivity contribution is -0.139. The molecular formula is C7H13NO5. The molecule has 0 aliphatic rings. The van der Waals surface area contributed by atoms with Crippen LogP contribution in [0.15, 0.2) is 0 Å². The van der Waals surface area contributed by atoms with Crippen LogP contribution in [0.4, 0.5) is 4.79 Å². The fourth-order valence-corrected chi connectivity index (χ4v) is 0.485. The first-order valence-corrected chi connectivity index (χ1v) is 3.67.